The number of amides is 1. The normalized spacial score (nSPS) is 12.2. The van der Waals surface area contributed by atoms with Gasteiger partial charge in [0.25, 0.3) is 5.91 Å². The predicted molar refractivity (Wildman–Crippen MR) is 66.6 cm³/mol. The molecule has 17 heavy (non-hydrogen) atoms. The molecule has 0 aliphatic carbocycles. The van der Waals surface area contributed by atoms with Crippen molar-refractivity contribution in [3.05, 3.63) is 35.1 Å². The van der Waals surface area contributed by atoms with E-state index in [0.29, 0.717) is 18.0 Å². The molecule has 1 aromatic rings. The minimum Gasteiger partial charge on any atom is -0.352 e. The van der Waals surface area contributed by atoms with E-state index in [1.165, 1.54) is 12.1 Å². The van der Waals surface area contributed by atoms with Crippen LogP contribution in [0.25, 0.3) is 0 Å². The Morgan fingerprint density at radius 2 is 2.06 bits per heavy atom. The molecule has 0 aliphatic rings. The summed E-state index contributed by atoms with van der Waals surface area (Å²) in [4.78, 5) is 11.8. The van der Waals surface area contributed by atoms with Crippen molar-refractivity contribution in [2.45, 2.75) is 13.8 Å². The van der Waals surface area contributed by atoms with Crippen molar-refractivity contribution in [3.63, 3.8) is 0 Å². The van der Waals surface area contributed by atoms with Crippen molar-refractivity contribution < 1.29 is 9.18 Å². The van der Waals surface area contributed by atoms with Gasteiger partial charge >= 0.3 is 0 Å². The highest BCUT2D eigenvalue weighted by Gasteiger charge is 2.09. The molecule has 1 amide bonds. The molecule has 0 aliphatic heterocycles. The zero-order chi connectivity index (χ0) is 12.8. The second-order valence-electron chi connectivity index (χ2n) is 4.39. The molecular formula is C13H19FN2O. The summed E-state index contributed by atoms with van der Waals surface area (Å²) in [6.45, 7) is 5.22. The Labute approximate surface area is 101 Å². The zero-order valence-electron chi connectivity index (χ0n) is 10.5. The molecule has 0 radical (unpaired) electrons. The van der Waals surface area contributed by atoms with Gasteiger partial charge in [-0.1, -0.05) is 6.92 Å². The van der Waals surface area contributed by atoms with E-state index in [1.807, 2.05) is 14.0 Å². The SMILES string of the molecule is CNC[C@@H](C)CNC(=O)c1cc(C)cc(F)c1. The molecule has 0 spiro atoms. The van der Waals surface area contributed by atoms with E-state index in [4.69, 9.17) is 0 Å². The van der Waals surface area contributed by atoms with Gasteiger partial charge in [0.2, 0.25) is 0 Å². The Kier molecular flexibility index (Phi) is 5.10. The fraction of sp³-hybridized carbons (Fsp3) is 0.462. The van der Waals surface area contributed by atoms with Crippen LogP contribution in [0.4, 0.5) is 4.39 Å². The number of benzene rings is 1. The standard InChI is InChI=1S/C13H19FN2O/c1-9-4-11(6-12(14)5-9)13(17)16-8-10(2)7-15-3/h4-6,10,15H,7-8H2,1-3H3,(H,16,17)/t10-/m1/s1. The van der Waals surface area contributed by atoms with Gasteiger partial charge in [0, 0.05) is 12.1 Å². The van der Waals surface area contributed by atoms with Gasteiger partial charge in [-0.05, 0) is 50.2 Å². The van der Waals surface area contributed by atoms with E-state index in [2.05, 4.69) is 10.6 Å². The summed E-state index contributed by atoms with van der Waals surface area (Å²) in [6, 6.07) is 4.34. The van der Waals surface area contributed by atoms with E-state index in [1.54, 1.807) is 13.0 Å². The fourth-order valence-corrected chi connectivity index (χ4v) is 1.66. The molecule has 0 unspecified atom stereocenters. The summed E-state index contributed by atoms with van der Waals surface area (Å²) >= 11 is 0. The molecule has 4 heteroatoms. The van der Waals surface area contributed by atoms with Crippen molar-refractivity contribution >= 4 is 5.91 Å². The van der Waals surface area contributed by atoms with Crippen LogP contribution < -0.4 is 10.6 Å². The van der Waals surface area contributed by atoms with Gasteiger partial charge < -0.3 is 10.6 Å². The van der Waals surface area contributed by atoms with Crippen LogP contribution in [0.1, 0.15) is 22.8 Å². The van der Waals surface area contributed by atoms with Crippen molar-refractivity contribution in [1.82, 2.24) is 10.6 Å². The molecular weight excluding hydrogens is 219 g/mol. The van der Waals surface area contributed by atoms with Crippen LogP contribution >= 0.6 is 0 Å². The first kappa shape index (κ1) is 13.6. The number of rotatable bonds is 5. The third kappa shape index (κ3) is 4.53. The summed E-state index contributed by atoms with van der Waals surface area (Å²) in [7, 11) is 1.87. The van der Waals surface area contributed by atoms with Gasteiger partial charge in [-0.15, -0.1) is 0 Å². The Hall–Kier alpha value is -1.42. The molecule has 0 saturated carbocycles. The van der Waals surface area contributed by atoms with Crippen LogP contribution in [-0.4, -0.2) is 26.0 Å². The molecule has 0 bridgehead atoms. The Morgan fingerprint density at radius 1 is 1.35 bits per heavy atom. The first-order valence-corrected chi connectivity index (χ1v) is 5.73. The number of carbonyl (C=O) groups is 1. The molecule has 0 fully saturated rings. The smallest absolute Gasteiger partial charge is 0.251 e. The molecule has 1 atom stereocenters. The minimum atomic E-state index is -0.376. The summed E-state index contributed by atoms with van der Waals surface area (Å²) < 4.78 is 13.1. The lowest BCUT2D eigenvalue weighted by Crippen LogP contribution is -2.32. The van der Waals surface area contributed by atoms with Crippen molar-refractivity contribution in [2.75, 3.05) is 20.1 Å². The van der Waals surface area contributed by atoms with Gasteiger partial charge in [-0.25, -0.2) is 4.39 Å². The number of hydrogen-bond donors (Lipinski definition) is 2. The van der Waals surface area contributed by atoms with Gasteiger partial charge in [-0.3, -0.25) is 4.79 Å². The third-order valence-corrected chi connectivity index (χ3v) is 2.47. The number of halogens is 1. The minimum absolute atomic E-state index is 0.226. The maximum atomic E-state index is 13.1. The van der Waals surface area contributed by atoms with E-state index in [-0.39, 0.29) is 11.7 Å². The maximum Gasteiger partial charge on any atom is 0.251 e. The van der Waals surface area contributed by atoms with Gasteiger partial charge in [0.1, 0.15) is 5.82 Å². The highest BCUT2D eigenvalue weighted by molar-refractivity contribution is 5.94. The molecule has 1 aromatic carbocycles. The Balaban J connectivity index is 2.58. The number of hydrogen-bond acceptors (Lipinski definition) is 2. The topological polar surface area (TPSA) is 41.1 Å². The Morgan fingerprint density at radius 3 is 2.65 bits per heavy atom. The van der Waals surface area contributed by atoms with Crippen LogP contribution in [-0.2, 0) is 0 Å². The predicted octanol–water partition coefficient (Wildman–Crippen LogP) is 1.72. The molecule has 94 valence electrons. The number of carbonyl (C=O) groups excluding carboxylic acids is 1. The van der Waals surface area contributed by atoms with E-state index >= 15 is 0 Å². The van der Waals surface area contributed by atoms with Crippen molar-refractivity contribution in [2.24, 2.45) is 5.92 Å². The van der Waals surface area contributed by atoms with Gasteiger partial charge in [0.15, 0.2) is 0 Å². The monoisotopic (exact) mass is 238 g/mol. The lowest BCUT2D eigenvalue weighted by Gasteiger charge is -2.12. The van der Waals surface area contributed by atoms with Crippen LogP contribution in [0.5, 0.6) is 0 Å². The van der Waals surface area contributed by atoms with Gasteiger partial charge in [-0.2, -0.15) is 0 Å². The molecule has 0 heterocycles. The summed E-state index contributed by atoms with van der Waals surface area (Å²) in [5.41, 5.74) is 1.12. The third-order valence-electron chi connectivity index (χ3n) is 2.47. The first-order valence-electron chi connectivity index (χ1n) is 5.73. The average Bonchev–Trinajstić information content (AvgIpc) is 2.25. The second kappa shape index (κ2) is 6.35. The lowest BCUT2D eigenvalue weighted by molar-refractivity contribution is 0.0947. The van der Waals surface area contributed by atoms with Crippen molar-refractivity contribution in [3.8, 4) is 0 Å². The van der Waals surface area contributed by atoms with Crippen LogP contribution in [0.2, 0.25) is 0 Å². The zero-order valence-corrected chi connectivity index (χ0v) is 10.5. The number of aryl methyl sites for hydroxylation is 1. The second-order valence-corrected chi connectivity index (χ2v) is 4.39. The average molecular weight is 238 g/mol. The summed E-state index contributed by atoms with van der Waals surface area (Å²) in [5, 5.41) is 5.83. The van der Waals surface area contributed by atoms with Gasteiger partial charge in [0.05, 0.1) is 0 Å². The van der Waals surface area contributed by atoms with Crippen LogP contribution in [0.3, 0.4) is 0 Å². The van der Waals surface area contributed by atoms with E-state index < -0.39 is 0 Å². The lowest BCUT2D eigenvalue weighted by atomic mass is 10.1. The Bertz CT molecular complexity index is 373. The summed E-state index contributed by atoms with van der Waals surface area (Å²) in [5.74, 6) is -0.257. The fourth-order valence-electron chi connectivity index (χ4n) is 1.66. The highest BCUT2D eigenvalue weighted by Crippen LogP contribution is 2.08. The molecule has 1 rings (SSSR count). The highest BCUT2D eigenvalue weighted by atomic mass is 19.1. The van der Waals surface area contributed by atoms with Crippen LogP contribution in [0.15, 0.2) is 18.2 Å². The molecule has 0 aromatic heterocycles. The summed E-state index contributed by atoms with van der Waals surface area (Å²) in [6.07, 6.45) is 0. The maximum absolute atomic E-state index is 13.1. The number of nitrogens with one attached hydrogen (secondary N) is 2. The molecule has 3 nitrogen and oxygen atoms in total. The molecule has 0 saturated heterocycles. The van der Waals surface area contributed by atoms with Crippen molar-refractivity contribution in [1.29, 1.82) is 0 Å². The van der Waals surface area contributed by atoms with E-state index in [0.717, 1.165) is 12.1 Å². The molecule has 2 N–H and O–H groups in total. The quantitative estimate of drug-likeness (QED) is 0.820. The first-order chi connectivity index (χ1) is 8.02. The largest absolute Gasteiger partial charge is 0.352 e. The van der Waals surface area contributed by atoms with Crippen LogP contribution in [0, 0.1) is 18.7 Å². The van der Waals surface area contributed by atoms with E-state index in [9.17, 15) is 9.18 Å².